The predicted octanol–water partition coefficient (Wildman–Crippen LogP) is 10.4. The highest BCUT2D eigenvalue weighted by molar-refractivity contribution is 7.00. The number of furan rings is 1. The lowest BCUT2D eigenvalue weighted by Crippen LogP contribution is -2.60. The Kier molecular flexibility index (Phi) is 3.87. The van der Waals surface area contributed by atoms with E-state index in [0.717, 1.165) is 71.1 Å². The molecule has 0 saturated heterocycles. The maximum atomic E-state index is 9.62. The number of para-hydroxylation sites is 6. The van der Waals surface area contributed by atoms with Crippen LogP contribution in [0.25, 0.3) is 76.9 Å². The van der Waals surface area contributed by atoms with Crippen molar-refractivity contribution in [3.05, 3.63) is 170 Å². The number of benzene rings is 8. The molecule has 0 saturated carbocycles. The number of fused-ring (bicyclic) bond motifs is 14. The van der Waals surface area contributed by atoms with Gasteiger partial charge in [-0.15, -0.1) is 0 Å². The van der Waals surface area contributed by atoms with E-state index in [0.29, 0.717) is 22.4 Å². The molecule has 0 atom stereocenters. The molecule has 13 rings (SSSR count). The van der Waals surface area contributed by atoms with E-state index in [4.69, 9.17) is 11.3 Å². The predicted molar refractivity (Wildman–Crippen MR) is 222 cm³/mol. The molecule has 4 nitrogen and oxygen atoms in total. The average Bonchev–Trinajstić information content (AvgIpc) is 3.96. The van der Waals surface area contributed by atoms with Crippen LogP contribution in [0.1, 0.15) is 12.3 Å². The molecule has 11 aromatic rings. The summed E-state index contributed by atoms with van der Waals surface area (Å²) in [5, 5.41) is 5.82. The molecule has 0 aliphatic carbocycles. The highest BCUT2D eigenvalue weighted by atomic mass is 16.3. The molecule has 5 heteroatoms. The van der Waals surface area contributed by atoms with Crippen molar-refractivity contribution < 1.29 is 16.8 Å². The van der Waals surface area contributed by atoms with E-state index in [1.165, 1.54) is 4.90 Å². The van der Waals surface area contributed by atoms with E-state index >= 15 is 0 Å². The van der Waals surface area contributed by atoms with Crippen LogP contribution in [0.4, 0.5) is 17.1 Å². The fraction of sp³-hybridized carbons (Fsp3) is 0. The third-order valence-corrected chi connectivity index (χ3v) is 11.3. The van der Waals surface area contributed by atoms with Crippen molar-refractivity contribution in [2.75, 3.05) is 4.90 Å². The first-order valence-corrected chi connectivity index (χ1v) is 17.6. The van der Waals surface area contributed by atoms with Crippen LogP contribution in [0.3, 0.4) is 0 Å². The summed E-state index contributed by atoms with van der Waals surface area (Å²) in [4.78, 5) is 1.50. The van der Waals surface area contributed by atoms with Gasteiger partial charge in [-0.3, -0.25) is 0 Å². The van der Waals surface area contributed by atoms with Crippen LogP contribution in [0.5, 0.6) is 0 Å². The zero-order chi connectivity index (χ0) is 42.2. The first-order chi connectivity index (χ1) is 30.1. The summed E-state index contributed by atoms with van der Waals surface area (Å²) in [6.45, 7) is -0.749. The van der Waals surface area contributed by atoms with Gasteiger partial charge in [-0.05, 0) is 77.0 Å². The van der Waals surface area contributed by atoms with Crippen LogP contribution >= 0.6 is 0 Å². The van der Waals surface area contributed by atoms with Crippen LogP contribution in [-0.2, 0) is 0 Å². The Bertz CT molecular complexity index is 3830. The molecule has 0 unspecified atom stereocenters. The van der Waals surface area contributed by atoms with Gasteiger partial charge in [-0.1, -0.05) is 109 Å². The molecule has 5 heterocycles. The number of hydrogen-bond acceptors (Lipinski definition) is 2. The Labute approximate surface area is 317 Å². The van der Waals surface area contributed by atoms with Crippen molar-refractivity contribution in [3.63, 3.8) is 0 Å². The van der Waals surface area contributed by atoms with Crippen molar-refractivity contribution in [3.8, 4) is 11.4 Å². The third kappa shape index (κ3) is 3.42. The van der Waals surface area contributed by atoms with Crippen LogP contribution in [0.2, 0.25) is 0 Å². The molecular weight excluding hydrogens is 645 g/mol. The number of anilines is 3. The summed E-state index contributed by atoms with van der Waals surface area (Å²) in [6.07, 6.45) is 0. The van der Waals surface area contributed by atoms with Crippen molar-refractivity contribution in [2.24, 2.45) is 0 Å². The van der Waals surface area contributed by atoms with Crippen LogP contribution in [-0.4, -0.2) is 15.8 Å². The fourth-order valence-corrected chi connectivity index (χ4v) is 9.33. The van der Waals surface area contributed by atoms with Gasteiger partial charge in [-0.2, -0.15) is 0 Å². The van der Waals surface area contributed by atoms with Crippen LogP contribution in [0.15, 0.2) is 174 Å². The van der Waals surface area contributed by atoms with Gasteiger partial charge in [0.25, 0.3) is 6.71 Å². The van der Waals surface area contributed by atoms with E-state index in [-0.39, 0.29) is 28.9 Å². The number of hydrogen-bond donors (Lipinski definition) is 0. The number of rotatable bonds is 2. The maximum absolute atomic E-state index is 9.62. The van der Waals surface area contributed by atoms with Gasteiger partial charge in [0.2, 0.25) is 0 Å². The molecular formula is C48H28BN3O. The summed E-state index contributed by atoms with van der Waals surface area (Å²) in [5.74, 6) is 0. The third-order valence-electron chi connectivity index (χ3n) is 11.3. The highest BCUT2D eigenvalue weighted by Crippen LogP contribution is 2.46. The Morgan fingerprint density at radius 3 is 1.98 bits per heavy atom. The molecule has 2 aliphatic rings. The lowest BCUT2D eigenvalue weighted by atomic mass is 9.34. The van der Waals surface area contributed by atoms with Gasteiger partial charge in [0.05, 0.1) is 40.0 Å². The van der Waals surface area contributed by atoms with Gasteiger partial charge >= 0.3 is 0 Å². The molecule has 0 spiro atoms. The largest absolute Gasteiger partial charge is 0.456 e. The number of nitrogens with zero attached hydrogens (tertiary/aromatic N) is 3. The fourth-order valence-electron chi connectivity index (χ4n) is 9.33. The standard InChI is InChI=1S/C48H28BN3O/c1-2-13-29(14-3-1)50-40-23-10-7-19-36(40)49-37-20-12-18-33-34-25-26-44-45(35-17-6-11-24-43(35)53-44)48(34)52(47(33)37)42-28-30(27-41(50)46(42)49)51-38-21-8-4-15-31(38)32-16-5-9-22-39(32)51/h1-28H/i1D,2D,3D,7D,10D,13D,14D,19D,23D. The molecule has 0 bridgehead atoms. The molecule has 2 aliphatic heterocycles. The van der Waals surface area contributed by atoms with Crippen LogP contribution < -0.4 is 21.3 Å². The molecule has 244 valence electrons. The van der Waals surface area contributed by atoms with Gasteiger partial charge in [0.1, 0.15) is 11.2 Å². The minimum atomic E-state index is -0.749. The second-order valence-electron chi connectivity index (χ2n) is 13.8. The molecule has 0 fully saturated rings. The summed E-state index contributed by atoms with van der Waals surface area (Å²) < 4.78 is 93.0. The summed E-state index contributed by atoms with van der Waals surface area (Å²) >= 11 is 0. The van der Waals surface area contributed by atoms with Gasteiger partial charge in [-0.25, -0.2) is 0 Å². The highest BCUT2D eigenvalue weighted by Gasteiger charge is 2.42. The van der Waals surface area contributed by atoms with Gasteiger partial charge in [0.15, 0.2) is 0 Å². The van der Waals surface area contributed by atoms with Crippen molar-refractivity contribution >= 4 is 106 Å². The zero-order valence-corrected chi connectivity index (χ0v) is 27.8. The second kappa shape index (κ2) is 9.87. The lowest BCUT2D eigenvalue weighted by Gasteiger charge is -2.40. The van der Waals surface area contributed by atoms with E-state index in [1.54, 1.807) is 0 Å². The van der Waals surface area contributed by atoms with Crippen LogP contribution in [0, 0.1) is 0 Å². The Morgan fingerprint density at radius 1 is 0.472 bits per heavy atom. The second-order valence-corrected chi connectivity index (χ2v) is 13.8. The summed E-state index contributed by atoms with van der Waals surface area (Å²) in [7, 11) is 0. The SMILES string of the molecule is [2H]c1c([2H])c([2H])c(N2c3cc(-n4c5ccccc5c5ccccc54)cc4c3B(c3c([2H])c([2H])c([2H])c([2H])c32)c2cccc3c5ccc6oc7ccccc7c6c5n-4c23)c([2H])c1[2H]. The Morgan fingerprint density at radius 2 is 1.15 bits per heavy atom. The normalized spacial score (nSPS) is 15.6. The van der Waals surface area contributed by atoms with E-state index in [1.807, 2.05) is 66.7 Å². The monoisotopic (exact) mass is 682 g/mol. The molecule has 0 radical (unpaired) electrons. The maximum Gasteiger partial charge on any atom is 0.252 e. The first-order valence-electron chi connectivity index (χ1n) is 22.1. The molecule has 3 aromatic heterocycles. The molecule has 53 heavy (non-hydrogen) atoms. The Balaban J connectivity index is 1.31. The van der Waals surface area contributed by atoms with E-state index in [9.17, 15) is 5.48 Å². The smallest absolute Gasteiger partial charge is 0.252 e. The van der Waals surface area contributed by atoms with Crippen molar-refractivity contribution in [1.29, 1.82) is 0 Å². The molecule has 0 N–H and O–H groups in total. The van der Waals surface area contributed by atoms with Crippen molar-refractivity contribution in [2.45, 2.75) is 0 Å². The molecule has 0 amide bonds. The zero-order valence-electron chi connectivity index (χ0n) is 36.8. The molecule has 8 aromatic carbocycles. The topological polar surface area (TPSA) is 26.2 Å². The minimum absolute atomic E-state index is 0.0298. The summed E-state index contributed by atoms with van der Waals surface area (Å²) in [5.41, 5.74) is 8.45. The van der Waals surface area contributed by atoms with Gasteiger partial charge < -0.3 is 18.5 Å². The number of aromatic nitrogens is 2. The van der Waals surface area contributed by atoms with Gasteiger partial charge in [0, 0.05) is 55.2 Å². The van der Waals surface area contributed by atoms with Crippen molar-refractivity contribution in [1.82, 2.24) is 9.13 Å². The van der Waals surface area contributed by atoms with E-state index < -0.39 is 49.0 Å². The Hall–Kier alpha value is -6.98. The average molecular weight is 683 g/mol. The lowest BCUT2D eigenvalue weighted by molar-refractivity contribution is 0.669. The first kappa shape index (κ1) is 20.8. The quantitative estimate of drug-likeness (QED) is 0.170. The van der Waals surface area contributed by atoms with E-state index in [2.05, 4.69) is 57.7 Å². The minimum Gasteiger partial charge on any atom is -0.456 e. The summed E-state index contributed by atoms with van der Waals surface area (Å²) in [6, 6.07) is 34.1.